The summed E-state index contributed by atoms with van der Waals surface area (Å²) in [6.07, 6.45) is 3.19. The van der Waals surface area contributed by atoms with Crippen molar-refractivity contribution in [2.75, 3.05) is 12.4 Å². The van der Waals surface area contributed by atoms with E-state index in [1.165, 1.54) is 6.33 Å². The third kappa shape index (κ3) is 3.45. The smallest absolute Gasteiger partial charge is 0.318 e. The van der Waals surface area contributed by atoms with E-state index in [-0.39, 0.29) is 6.04 Å². The van der Waals surface area contributed by atoms with Crippen LogP contribution in [0, 0.1) is 6.92 Å². The molecule has 0 spiro atoms. The molecule has 0 amide bonds. The maximum Gasteiger partial charge on any atom is 0.318 e. The first-order valence-corrected chi connectivity index (χ1v) is 7.27. The number of benzene rings is 1. The molecule has 0 aliphatic rings. The van der Waals surface area contributed by atoms with Gasteiger partial charge in [-0.3, -0.25) is 0 Å². The lowest BCUT2D eigenvalue weighted by molar-refractivity contribution is 0.379. The molecule has 1 N–H and O–H groups in total. The molecule has 1 atom stereocenters. The molecule has 7 heteroatoms. The molecule has 0 saturated carbocycles. The standard InChI is InChI=1S/C16H18N6O/c1-11-8-15(21-16(19-11)23-3)20-12(2)13-4-6-14(7-5-13)22-10-17-9-18-22/h4-10,12H,1-3H3,(H,19,20,21). The van der Waals surface area contributed by atoms with E-state index >= 15 is 0 Å². The van der Waals surface area contributed by atoms with E-state index in [1.807, 2.05) is 25.1 Å². The number of hydrogen-bond donors (Lipinski definition) is 1. The number of aromatic nitrogens is 5. The summed E-state index contributed by atoms with van der Waals surface area (Å²) in [6.45, 7) is 3.99. The Morgan fingerprint density at radius 3 is 2.61 bits per heavy atom. The van der Waals surface area contributed by atoms with Gasteiger partial charge in [-0.25, -0.2) is 14.6 Å². The predicted molar refractivity (Wildman–Crippen MR) is 86.7 cm³/mol. The highest BCUT2D eigenvalue weighted by Gasteiger charge is 2.09. The Bertz CT molecular complexity index is 770. The summed E-state index contributed by atoms with van der Waals surface area (Å²) in [7, 11) is 1.56. The Kier molecular flexibility index (Phi) is 4.18. The number of ether oxygens (including phenoxy) is 1. The van der Waals surface area contributed by atoms with E-state index in [4.69, 9.17) is 4.74 Å². The fourth-order valence-electron chi connectivity index (χ4n) is 2.27. The lowest BCUT2D eigenvalue weighted by Gasteiger charge is -2.16. The molecule has 0 saturated heterocycles. The van der Waals surface area contributed by atoms with Gasteiger partial charge in [0.05, 0.1) is 12.8 Å². The Balaban J connectivity index is 1.75. The van der Waals surface area contributed by atoms with Gasteiger partial charge in [0, 0.05) is 17.8 Å². The maximum absolute atomic E-state index is 5.10. The second kappa shape index (κ2) is 6.43. The van der Waals surface area contributed by atoms with E-state index in [1.54, 1.807) is 18.1 Å². The molecule has 1 aromatic carbocycles. The Hall–Kier alpha value is -2.96. The van der Waals surface area contributed by atoms with Crippen molar-refractivity contribution in [2.24, 2.45) is 0 Å². The first-order chi connectivity index (χ1) is 11.2. The average Bonchev–Trinajstić information content (AvgIpc) is 3.09. The topological polar surface area (TPSA) is 77.8 Å². The Morgan fingerprint density at radius 2 is 1.96 bits per heavy atom. The summed E-state index contributed by atoms with van der Waals surface area (Å²) < 4.78 is 6.82. The fraction of sp³-hybridized carbons (Fsp3) is 0.250. The molecule has 3 rings (SSSR count). The normalized spacial score (nSPS) is 12.0. The van der Waals surface area contributed by atoms with Crippen LogP contribution in [0.1, 0.15) is 24.2 Å². The van der Waals surface area contributed by atoms with Crippen LogP contribution < -0.4 is 10.1 Å². The number of anilines is 1. The Morgan fingerprint density at radius 1 is 1.17 bits per heavy atom. The lowest BCUT2D eigenvalue weighted by Crippen LogP contribution is -2.09. The van der Waals surface area contributed by atoms with Gasteiger partial charge in [-0.15, -0.1) is 0 Å². The molecule has 0 aliphatic carbocycles. The summed E-state index contributed by atoms with van der Waals surface area (Å²) in [5.41, 5.74) is 2.97. The second-order valence-electron chi connectivity index (χ2n) is 5.18. The predicted octanol–water partition coefficient (Wildman–Crippen LogP) is 2.55. The number of aryl methyl sites for hydroxylation is 1. The molecule has 2 aromatic heterocycles. The fourth-order valence-corrected chi connectivity index (χ4v) is 2.27. The van der Waals surface area contributed by atoms with Crippen molar-refractivity contribution >= 4 is 5.82 Å². The van der Waals surface area contributed by atoms with E-state index in [9.17, 15) is 0 Å². The summed E-state index contributed by atoms with van der Waals surface area (Å²) in [5.74, 6) is 0.738. The largest absolute Gasteiger partial charge is 0.467 e. The van der Waals surface area contributed by atoms with Crippen molar-refractivity contribution in [3.63, 3.8) is 0 Å². The van der Waals surface area contributed by atoms with Gasteiger partial charge in [0.2, 0.25) is 0 Å². The first kappa shape index (κ1) is 15.0. The second-order valence-corrected chi connectivity index (χ2v) is 5.18. The number of nitrogens with one attached hydrogen (secondary N) is 1. The van der Waals surface area contributed by atoms with Gasteiger partial charge in [0.1, 0.15) is 18.5 Å². The molecule has 2 heterocycles. The van der Waals surface area contributed by atoms with Crippen LogP contribution in [-0.4, -0.2) is 31.8 Å². The third-order valence-electron chi connectivity index (χ3n) is 3.46. The molecule has 0 fully saturated rings. The Labute approximate surface area is 134 Å². The van der Waals surface area contributed by atoms with Gasteiger partial charge in [-0.1, -0.05) is 12.1 Å². The molecule has 118 valence electrons. The van der Waals surface area contributed by atoms with Crippen LogP contribution in [-0.2, 0) is 0 Å². The van der Waals surface area contributed by atoms with E-state index in [0.717, 1.165) is 22.8 Å². The van der Waals surface area contributed by atoms with Crippen molar-refractivity contribution < 1.29 is 4.74 Å². The van der Waals surface area contributed by atoms with Crippen LogP contribution in [0.4, 0.5) is 5.82 Å². The van der Waals surface area contributed by atoms with E-state index in [2.05, 4.69) is 44.4 Å². The number of hydrogen-bond acceptors (Lipinski definition) is 6. The molecule has 23 heavy (non-hydrogen) atoms. The van der Waals surface area contributed by atoms with Crippen LogP contribution in [0.25, 0.3) is 5.69 Å². The summed E-state index contributed by atoms with van der Waals surface area (Å²) >= 11 is 0. The SMILES string of the molecule is COc1nc(C)cc(NC(C)c2ccc(-n3cncn3)cc2)n1. The third-order valence-corrected chi connectivity index (χ3v) is 3.46. The lowest BCUT2D eigenvalue weighted by atomic mass is 10.1. The van der Waals surface area contributed by atoms with Crippen LogP contribution >= 0.6 is 0 Å². The van der Waals surface area contributed by atoms with E-state index < -0.39 is 0 Å². The zero-order valence-corrected chi connectivity index (χ0v) is 13.3. The zero-order chi connectivity index (χ0) is 16.2. The summed E-state index contributed by atoms with van der Waals surface area (Å²) in [5, 5.41) is 7.48. The van der Waals surface area contributed by atoms with Gasteiger partial charge in [-0.05, 0) is 31.5 Å². The molecule has 3 aromatic rings. The van der Waals surface area contributed by atoms with Crippen molar-refractivity contribution in [1.82, 2.24) is 24.7 Å². The highest BCUT2D eigenvalue weighted by molar-refractivity contribution is 5.42. The minimum atomic E-state index is 0.0961. The zero-order valence-electron chi connectivity index (χ0n) is 13.3. The van der Waals surface area contributed by atoms with Crippen LogP contribution in [0.5, 0.6) is 6.01 Å². The van der Waals surface area contributed by atoms with Gasteiger partial charge < -0.3 is 10.1 Å². The van der Waals surface area contributed by atoms with E-state index in [0.29, 0.717) is 6.01 Å². The van der Waals surface area contributed by atoms with Crippen LogP contribution in [0.2, 0.25) is 0 Å². The summed E-state index contributed by atoms with van der Waals surface area (Å²) in [6, 6.07) is 10.5. The average molecular weight is 310 g/mol. The van der Waals surface area contributed by atoms with Crippen molar-refractivity contribution in [2.45, 2.75) is 19.9 Å². The minimum Gasteiger partial charge on any atom is -0.467 e. The molecular formula is C16H18N6O. The quantitative estimate of drug-likeness (QED) is 0.780. The molecule has 0 radical (unpaired) electrons. The minimum absolute atomic E-state index is 0.0961. The van der Waals surface area contributed by atoms with Gasteiger partial charge >= 0.3 is 6.01 Å². The molecule has 1 unspecified atom stereocenters. The summed E-state index contributed by atoms with van der Waals surface area (Å²) in [4.78, 5) is 12.4. The molecule has 0 aliphatic heterocycles. The van der Waals surface area contributed by atoms with Crippen LogP contribution in [0.15, 0.2) is 43.0 Å². The van der Waals surface area contributed by atoms with Gasteiger partial charge in [0.25, 0.3) is 0 Å². The van der Waals surface area contributed by atoms with Crippen molar-refractivity contribution in [1.29, 1.82) is 0 Å². The number of rotatable bonds is 5. The van der Waals surface area contributed by atoms with Gasteiger partial charge in [-0.2, -0.15) is 10.1 Å². The highest BCUT2D eigenvalue weighted by atomic mass is 16.5. The first-order valence-electron chi connectivity index (χ1n) is 7.27. The van der Waals surface area contributed by atoms with Crippen molar-refractivity contribution in [3.8, 4) is 11.7 Å². The van der Waals surface area contributed by atoms with Crippen molar-refractivity contribution in [3.05, 3.63) is 54.2 Å². The highest BCUT2D eigenvalue weighted by Crippen LogP contribution is 2.20. The monoisotopic (exact) mass is 310 g/mol. The molecular weight excluding hydrogens is 292 g/mol. The maximum atomic E-state index is 5.10. The molecule has 7 nitrogen and oxygen atoms in total. The number of nitrogens with zero attached hydrogens (tertiary/aromatic N) is 5. The van der Waals surface area contributed by atoms with Gasteiger partial charge in [0.15, 0.2) is 0 Å². The molecule has 0 bridgehead atoms. The number of methoxy groups -OCH3 is 1. The van der Waals surface area contributed by atoms with Crippen LogP contribution in [0.3, 0.4) is 0 Å².